The van der Waals surface area contributed by atoms with Crippen LogP contribution in [0.4, 0.5) is 13.2 Å². The van der Waals surface area contributed by atoms with E-state index in [0.717, 1.165) is 0 Å². The largest absolute Gasteiger partial charge is 0.411 e. The van der Waals surface area contributed by atoms with Crippen LogP contribution in [0.15, 0.2) is 0 Å². The molecule has 3 N–H and O–H groups in total. The normalized spacial score (nSPS) is 13.2. The molecule has 0 heterocycles. The van der Waals surface area contributed by atoms with E-state index in [0.29, 0.717) is 0 Å². The molecule has 0 saturated carbocycles. The maximum atomic E-state index is 11.6. The van der Waals surface area contributed by atoms with Crippen LogP contribution in [0.5, 0.6) is 0 Å². The van der Waals surface area contributed by atoms with E-state index in [9.17, 15) is 18.0 Å². The highest BCUT2D eigenvalue weighted by atomic mass is 32.1. The van der Waals surface area contributed by atoms with Gasteiger partial charge < -0.3 is 15.8 Å². The van der Waals surface area contributed by atoms with Gasteiger partial charge in [-0.05, 0) is 6.92 Å². The molecular weight excluding hydrogens is 245 g/mol. The summed E-state index contributed by atoms with van der Waals surface area (Å²) in [6, 6.07) is 0. The number of amides is 1. The second kappa shape index (κ2) is 6.64. The van der Waals surface area contributed by atoms with Gasteiger partial charge in [0, 0.05) is 6.54 Å². The average Bonchev–Trinajstić information content (AvgIpc) is 2.13. The molecule has 0 aliphatic rings. The van der Waals surface area contributed by atoms with Crippen LogP contribution in [0.1, 0.15) is 6.92 Å². The minimum atomic E-state index is -4.35. The van der Waals surface area contributed by atoms with Gasteiger partial charge in [-0.25, -0.2) is 0 Å². The number of hydrogen-bond donors (Lipinski definition) is 2. The highest BCUT2D eigenvalue weighted by molar-refractivity contribution is 7.80. The lowest BCUT2D eigenvalue weighted by atomic mass is 10.2. The summed E-state index contributed by atoms with van der Waals surface area (Å²) in [5.41, 5.74) is 5.21. The molecule has 1 unspecified atom stereocenters. The zero-order chi connectivity index (χ0) is 12.8. The van der Waals surface area contributed by atoms with Gasteiger partial charge in [-0.2, -0.15) is 13.2 Å². The summed E-state index contributed by atoms with van der Waals surface area (Å²) >= 11 is 4.58. The van der Waals surface area contributed by atoms with Crippen molar-refractivity contribution in [1.29, 1.82) is 0 Å². The Balaban J connectivity index is 3.60. The Bertz CT molecular complexity index is 258. The van der Waals surface area contributed by atoms with Gasteiger partial charge in [-0.15, -0.1) is 0 Å². The van der Waals surface area contributed by atoms with Gasteiger partial charge in [0.1, 0.15) is 6.61 Å². The molecule has 0 aromatic rings. The van der Waals surface area contributed by atoms with Gasteiger partial charge in [-0.1, -0.05) is 12.2 Å². The van der Waals surface area contributed by atoms with Crippen LogP contribution in [0, 0.1) is 5.92 Å². The van der Waals surface area contributed by atoms with Crippen LogP contribution >= 0.6 is 12.2 Å². The number of carbonyl (C=O) groups excluding carboxylic acids is 1. The molecule has 16 heavy (non-hydrogen) atoms. The summed E-state index contributed by atoms with van der Waals surface area (Å²) in [6.45, 7) is -0.0425. The Morgan fingerprint density at radius 3 is 2.56 bits per heavy atom. The van der Waals surface area contributed by atoms with Gasteiger partial charge in [0.2, 0.25) is 5.91 Å². The summed E-state index contributed by atoms with van der Waals surface area (Å²) in [6.07, 6.45) is -4.35. The lowest BCUT2D eigenvalue weighted by molar-refractivity contribution is -0.173. The van der Waals surface area contributed by atoms with E-state index in [1.54, 1.807) is 0 Å². The van der Waals surface area contributed by atoms with Crippen LogP contribution < -0.4 is 11.1 Å². The minimum Gasteiger partial charge on any atom is -0.393 e. The van der Waals surface area contributed by atoms with Gasteiger partial charge in [-0.3, -0.25) is 4.79 Å². The van der Waals surface area contributed by atoms with Crippen LogP contribution in [0.3, 0.4) is 0 Å². The monoisotopic (exact) mass is 258 g/mol. The van der Waals surface area contributed by atoms with Crippen LogP contribution in [-0.4, -0.2) is 36.8 Å². The number of rotatable bonds is 6. The van der Waals surface area contributed by atoms with Gasteiger partial charge in [0.15, 0.2) is 0 Å². The lowest BCUT2D eigenvalue weighted by Gasteiger charge is -2.11. The van der Waals surface area contributed by atoms with Crippen LogP contribution in [0.25, 0.3) is 0 Å². The summed E-state index contributed by atoms with van der Waals surface area (Å²) in [4.78, 5) is 11.2. The standard InChI is InChI=1S/C8H13F3N2O2S/c1-5(6(12)16)7(14)13-2-3-15-4-8(9,10)11/h5H,2-4H2,1H3,(H2,12,16)(H,13,14). The summed E-state index contributed by atoms with van der Waals surface area (Å²) in [5, 5.41) is 2.35. The first kappa shape index (κ1) is 15.1. The van der Waals surface area contributed by atoms with E-state index in [4.69, 9.17) is 5.73 Å². The number of hydrogen-bond acceptors (Lipinski definition) is 3. The number of nitrogens with two attached hydrogens (primary N) is 1. The predicted octanol–water partition coefficient (Wildman–Crippen LogP) is 0.604. The molecule has 4 nitrogen and oxygen atoms in total. The number of alkyl halides is 3. The molecular formula is C8H13F3N2O2S. The van der Waals surface area contributed by atoms with Gasteiger partial charge >= 0.3 is 6.18 Å². The molecule has 0 rings (SSSR count). The average molecular weight is 258 g/mol. The molecule has 8 heteroatoms. The third-order valence-corrected chi connectivity index (χ3v) is 1.98. The van der Waals surface area contributed by atoms with E-state index < -0.39 is 24.6 Å². The zero-order valence-electron chi connectivity index (χ0n) is 8.63. The molecule has 0 fully saturated rings. The van der Waals surface area contributed by atoms with Crippen molar-refractivity contribution in [2.75, 3.05) is 19.8 Å². The Morgan fingerprint density at radius 2 is 2.12 bits per heavy atom. The summed E-state index contributed by atoms with van der Waals surface area (Å²) in [5.74, 6) is -1.07. The first-order chi connectivity index (χ1) is 7.24. The number of thiocarbonyl (C=S) groups is 1. The molecule has 0 aliphatic carbocycles. The molecule has 0 bridgehead atoms. The van der Waals surface area contributed by atoms with Crippen molar-refractivity contribution in [3.05, 3.63) is 0 Å². The first-order valence-corrected chi connectivity index (χ1v) is 4.86. The molecule has 0 saturated heterocycles. The Hall–Kier alpha value is -0.890. The predicted molar refractivity (Wildman–Crippen MR) is 55.8 cm³/mol. The van der Waals surface area contributed by atoms with Crippen molar-refractivity contribution >= 4 is 23.1 Å². The molecule has 0 aromatic carbocycles. The summed E-state index contributed by atoms with van der Waals surface area (Å²) < 4.78 is 39.2. The Kier molecular flexibility index (Phi) is 6.27. The third kappa shape index (κ3) is 7.41. The van der Waals surface area contributed by atoms with Gasteiger partial charge in [0.05, 0.1) is 17.5 Å². The fourth-order valence-corrected chi connectivity index (χ4v) is 0.824. The second-order valence-corrected chi connectivity index (χ2v) is 3.55. The van der Waals surface area contributed by atoms with E-state index in [2.05, 4.69) is 22.3 Å². The van der Waals surface area contributed by atoms with Crippen molar-refractivity contribution in [2.45, 2.75) is 13.1 Å². The topological polar surface area (TPSA) is 64.3 Å². The van der Waals surface area contributed by atoms with E-state index >= 15 is 0 Å². The van der Waals surface area contributed by atoms with Crippen molar-refractivity contribution in [3.8, 4) is 0 Å². The Morgan fingerprint density at radius 1 is 1.56 bits per heavy atom. The SMILES string of the molecule is CC(C(=O)NCCOCC(F)(F)F)C(N)=S. The second-order valence-electron chi connectivity index (χ2n) is 3.08. The molecule has 0 aliphatic heterocycles. The van der Waals surface area contributed by atoms with Crippen molar-refractivity contribution < 1.29 is 22.7 Å². The van der Waals surface area contributed by atoms with Crippen molar-refractivity contribution in [2.24, 2.45) is 11.7 Å². The number of halogens is 3. The van der Waals surface area contributed by atoms with Crippen molar-refractivity contribution in [3.63, 3.8) is 0 Å². The maximum absolute atomic E-state index is 11.6. The molecule has 0 spiro atoms. The minimum absolute atomic E-state index is 0.0120. The number of ether oxygens (including phenoxy) is 1. The maximum Gasteiger partial charge on any atom is 0.411 e. The quantitative estimate of drug-likeness (QED) is 0.541. The number of nitrogens with one attached hydrogen (secondary N) is 1. The first-order valence-electron chi connectivity index (χ1n) is 4.45. The van der Waals surface area contributed by atoms with Crippen molar-refractivity contribution in [1.82, 2.24) is 5.32 Å². The van der Waals surface area contributed by atoms with E-state index in [-0.39, 0.29) is 18.1 Å². The lowest BCUT2D eigenvalue weighted by Crippen LogP contribution is -2.37. The molecule has 1 atom stereocenters. The van der Waals surface area contributed by atoms with E-state index in [1.165, 1.54) is 6.92 Å². The Labute approximate surface area is 96.3 Å². The highest BCUT2D eigenvalue weighted by Gasteiger charge is 2.27. The highest BCUT2D eigenvalue weighted by Crippen LogP contribution is 2.13. The zero-order valence-corrected chi connectivity index (χ0v) is 9.45. The summed E-state index contributed by atoms with van der Waals surface area (Å²) in [7, 11) is 0. The van der Waals surface area contributed by atoms with Crippen LogP contribution in [-0.2, 0) is 9.53 Å². The van der Waals surface area contributed by atoms with E-state index in [1.807, 2.05) is 0 Å². The van der Waals surface area contributed by atoms with Gasteiger partial charge in [0.25, 0.3) is 0 Å². The van der Waals surface area contributed by atoms with Crippen LogP contribution in [0.2, 0.25) is 0 Å². The molecule has 0 radical (unpaired) electrons. The molecule has 0 aromatic heterocycles. The third-order valence-electron chi connectivity index (χ3n) is 1.63. The smallest absolute Gasteiger partial charge is 0.393 e. The fourth-order valence-electron chi connectivity index (χ4n) is 0.717. The molecule has 1 amide bonds. The number of carbonyl (C=O) groups is 1. The fraction of sp³-hybridized carbons (Fsp3) is 0.750. The molecule has 94 valence electrons.